The largest absolute Gasteiger partial charge is 0.326 e. The zero-order chi connectivity index (χ0) is 15.6. The molecule has 0 aromatic heterocycles. The molecule has 1 aromatic rings. The van der Waals surface area contributed by atoms with E-state index in [2.05, 4.69) is 5.32 Å². The topological polar surface area (TPSA) is 110 Å². The molecule has 1 heterocycles. The van der Waals surface area contributed by atoms with Crippen LogP contribution in [-0.2, 0) is 31.9 Å². The maximum atomic E-state index is 12.4. The third kappa shape index (κ3) is 3.46. The van der Waals surface area contributed by atoms with E-state index in [4.69, 9.17) is 5.73 Å². The number of nitrogens with one attached hydrogen (secondary N) is 1. The Morgan fingerprint density at radius 3 is 2.67 bits per heavy atom. The first kappa shape index (κ1) is 15.6. The summed E-state index contributed by atoms with van der Waals surface area (Å²) in [6, 6.07) is 6.01. The number of nitrogens with two attached hydrogens (primary N) is 1. The van der Waals surface area contributed by atoms with Crippen molar-refractivity contribution in [2.75, 3.05) is 6.54 Å². The number of carbonyl (C=O) groups excluding carboxylic acids is 2. The van der Waals surface area contributed by atoms with Crippen LogP contribution in [0, 0.1) is 0 Å². The Labute approximate surface area is 123 Å². The third-order valence-corrected chi connectivity index (χ3v) is 5.17. The quantitative estimate of drug-likeness (QED) is 0.716. The molecule has 1 aromatic carbocycles. The van der Waals surface area contributed by atoms with Crippen LogP contribution in [0.5, 0.6) is 0 Å². The SMILES string of the molecule is CC1C(=O)NC(=O)CN1S(=O)(=O)Cc1cccc(CN)c1. The summed E-state index contributed by atoms with van der Waals surface area (Å²) in [6.07, 6.45) is 0. The summed E-state index contributed by atoms with van der Waals surface area (Å²) in [5.74, 6) is -1.49. The molecule has 0 aliphatic carbocycles. The van der Waals surface area contributed by atoms with E-state index in [-0.39, 0.29) is 12.3 Å². The van der Waals surface area contributed by atoms with Crippen LogP contribution in [0.1, 0.15) is 18.1 Å². The molecule has 1 unspecified atom stereocenters. The minimum atomic E-state index is -3.77. The Kier molecular flexibility index (Phi) is 4.40. The molecule has 2 amide bonds. The lowest BCUT2D eigenvalue weighted by atomic mass is 10.1. The number of piperazine rings is 1. The van der Waals surface area contributed by atoms with Gasteiger partial charge in [-0.3, -0.25) is 14.9 Å². The van der Waals surface area contributed by atoms with Gasteiger partial charge in [-0.1, -0.05) is 24.3 Å². The van der Waals surface area contributed by atoms with E-state index in [9.17, 15) is 18.0 Å². The Balaban J connectivity index is 2.24. The Morgan fingerprint density at radius 1 is 1.33 bits per heavy atom. The van der Waals surface area contributed by atoms with Crippen molar-refractivity contribution in [2.24, 2.45) is 5.73 Å². The molecule has 3 N–H and O–H groups in total. The van der Waals surface area contributed by atoms with E-state index in [1.165, 1.54) is 6.92 Å². The zero-order valence-corrected chi connectivity index (χ0v) is 12.4. The summed E-state index contributed by atoms with van der Waals surface area (Å²) in [6.45, 7) is 1.43. The third-order valence-electron chi connectivity index (χ3n) is 3.31. The van der Waals surface area contributed by atoms with Crippen LogP contribution < -0.4 is 11.1 Å². The second-order valence-corrected chi connectivity index (χ2v) is 6.84. The Morgan fingerprint density at radius 2 is 2.00 bits per heavy atom. The first-order valence-corrected chi connectivity index (χ1v) is 8.05. The van der Waals surface area contributed by atoms with Gasteiger partial charge in [-0.2, -0.15) is 4.31 Å². The molecule has 0 bridgehead atoms. The van der Waals surface area contributed by atoms with Crippen molar-refractivity contribution in [2.45, 2.75) is 25.3 Å². The van der Waals surface area contributed by atoms with Gasteiger partial charge in [-0.15, -0.1) is 0 Å². The van der Waals surface area contributed by atoms with Crippen molar-refractivity contribution >= 4 is 21.8 Å². The van der Waals surface area contributed by atoms with Crippen LogP contribution in [-0.4, -0.2) is 37.1 Å². The van der Waals surface area contributed by atoms with Crippen molar-refractivity contribution in [3.05, 3.63) is 35.4 Å². The maximum absolute atomic E-state index is 12.4. The predicted octanol–water partition coefficient (Wildman–Crippen LogP) is -0.678. The molecular weight excluding hydrogens is 294 g/mol. The van der Waals surface area contributed by atoms with Crippen LogP contribution >= 0.6 is 0 Å². The maximum Gasteiger partial charge on any atom is 0.244 e. The molecule has 2 rings (SSSR count). The van der Waals surface area contributed by atoms with E-state index in [0.717, 1.165) is 9.87 Å². The van der Waals surface area contributed by atoms with Crippen LogP contribution in [0.3, 0.4) is 0 Å². The Bertz CT molecular complexity index is 672. The zero-order valence-electron chi connectivity index (χ0n) is 11.6. The normalized spacial score (nSPS) is 20.4. The fourth-order valence-corrected chi connectivity index (χ4v) is 3.83. The summed E-state index contributed by atoms with van der Waals surface area (Å²) < 4.78 is 25.8. The van der Waals surface area contributed by atoms with E-state index in [1.54, 1.807) is 24.3 Å². The standard InChI is InChI=1S/C13H17N3O4S/c1-9-13(18)15-12(17)7-16(9)21(19,20)8-11-4-2-3-10(5-11)6-14/h2-5,9H,6-8,14H2,1H3,(H,15,17,18). The van der Waals surface area contributed by atoms with Crippen molar-refractivity contribution in [3.63, 3.8) is 0 Å². The number of sulfonamides is 1. The molecule has 0 spiro atoms. The number of nitrogens with zero attached hydrogens (tertiary/aromatic N) is 1. The van der Waals surface area contributed by atoms with Crippen LogP contribution in [0.25, 0.3) is 0 Å². The molecule has 1 aliphatic heterocycles. The van der Waals surface area contributed by atoms with Crippen molar-refractivity contribution < 1.29 is 18.0 Å². The molecule has 0 radical (unpaired) electrons. The van der Waals surface area contributed by atoms with Gasteiger partial charge in [0.2, 0.25) is 21.8 Å². The van der Waals surface area contributed by atoms with Gasteiger partial charge >= 0.3 is 0 Å². The molecule has 7 nitrogen and oxygen atoms in total. The first-order chi connectivity index (χ1) is 9.83. The number of carbonyl (C=O) groups is 2. The lowest BCUT2D eigenvalue weighted by Crippen LogP contribution is -2.58. The molecule has 21 heavy (non-hydrogen) atoms. The van der Waals surface area contributed by atoms with Crippen molar-refractivity contribution in [1.82, 2.24) is 9.62 Å². The summed E-state index contributed by atoms with van der Waals surface area (Å²) in [7, 11) is -3.77. The fraction of sp³-hybridized carbons (Fsp3) is 0.385. The smallest absolute Gasteiger partial charge is 0.244 e. The molecule has 1 atom stereocenters. The number of hydrogen-bond acceptors (Lipinski definition) is 5. The van der Waals surface area contributed by atoms with Gasteiger partial charge in [-0.05, 0) is 18.1 Å². The van der Waals surface area contributed by atoms with Gasteiger partial charge in [-0.25, -0.2) is 8.42 Å². The summed E-state index contributed by atoms with van der Waals surface area (Å²) in [5.41, 5.74) is 6.92. The summed E-state index contributed by atoms with van der Waals surface area (Å²) >= 11 is 0. The molecular formula is C13H17N3O4S. The minimum Gasteiger partial charge on any atom is -0.326 e. The van der Waals surface area contributed by atoms with Crippen LogP contribution in [0.2, 0.25) is 0 Å². The number of imide groups is 1. The van der Waals surface area contributed by atoms with Crippen molar-refractivity contribution in [1.29, 1.82) is 0 Å². The molecule has 1 saturated heterocycles. The first-order valence-electron chi connectivity index (χ1n) is 6.44. The van der Waals surface area contributed by atoms with Crippen molar-refractivity contribution in [3.8, 4) is 0 Å². The van der Waals surface area contributed by atoms with E-state index in [0.29, 0.717) is 12.1 Å². The highest BCUT2D eigenvalue weighted by Gasteiger charge is 2.37. The lowest BCUT2D eigenvalue weighted by Gasteiger charge is -2.30. The van der Waals surface area contributed by atoms with Gasteiger partial charge < -0.3 is 5.73 Å². The van der Waals surface area contributed by atoms with Gasteiger partial charge in [0.05, 0.1) is 12.3 Å². The lowest BCUT2D eigenvalue weighted by molar-refractivity contribution is -0.136. The highest BCUT2D eigenvalue weighted by molar-refractivity contribution is 7.88. The second kappa shape index (κ2) is 5.92. The van der Waals surface area contributed by atoms with Gasteiger partial charge in [0.15, 0.2) is 0 Å². The van der Waals surface area contributed by atoms with Crippen LogP contribution in [0.4, 0.5) is 0 Å². The van der Waals surface area contributed by atoms with E-state index in [1.807, 2.05) is 0 Å². The molecule has 1 aliphatic rings. The number of rotatable bonds is 4. The summed E-state index contributed by atoms with van der Waals surface area (Å²) in [5, 5.41) is 2.11. The van der Waals surface area contributed by atoms with Gasteiger partial charge in [0, 0.05) is 6.54 Å². The van der Waals surface area contributed by atoms with Crippen LogP contribution in [0.15, 0.2) is 24.3 Å². The average molecular weight is 311 g/mol. The average Bonchev–Trinajstić information content (AvgIpc) is 2.42. The predicted molar refractivity (Wildman–Crippen MR) is 76.3 cm³/mol. The minimum absolute atomic E-state index is 0.272. The molecule has 8 heteroatoms. The van der Waals surface area contributed by atoms with E-state index < -0.39 is 27.9 Å². The number of benzene rings is 1. The van der Waals surface area contributed by atoms with Gasteiger partial charge in [0.25, 0.3) is 0 Å². The number of amides is 2. The molecule has 1 fully saturated rings. The van der Waals surface area contributed by atoms with Gasteiger partial charge in [0.1, 0.15) is 6.04 Å². The van der Waals surface area contributed by atoms with E-state index >= 15 is 0 Å². The highest BCUT2D eigenvalue weighted by atomic mass is 32.2. The summed E-state index contributed by atoms with van der Waals surface area (Å²) in [4.78, 5) is 22.9. The second-order valence-electron chi connectivity index (χ2n) is 4.91. The fourth-order valence-electron chi connectivity index (χ4n) is 2.17. The highest BCUT2D eigenvalue weighted by Crippen LogP contribution is 2.17. The monoisotopic (exact) mass is 311 g/mol. The molecule has 0 saturated carbocycles. The Hall–Kier alpha value is -1.77. The number of hydrogen-bond donors (Lipinski definition) is 2. The molecule has 114 valence electrons.